The largest absolute Gasteiger partial charge is 0.497 e. The molecule has 8 heteroatoms. The Kier molecular flexibility index (Phi) is 7.48. The fourth-order valence-electron chi connectivity index (χ4n) is 3.69. The van der Waals surface area contributed by atoms with Gasteiger partial charge in [-0.05, 0) is 56.3 Å². The van der Waals surface area contributed by atoms with Crippen molar-refractivity contribution < 1.29 is 23.8 Å². The topological polar surface area (TPSA) is 65.1 Å². The molecule has 3 rings (SSSR count). The van der Waals surface area contributed by atoms with Crippen LogP contribution in [0.3, 0.4) is 0 Å². The van der Waals surface area contributed by atoms with Crippen LogP contribution in [0, 0.1) is 0 Å². The van der Waals surface area contributed by atoms with Gasteiger partial charge in [0.2, 0.25) is 0 Å². The Morgan fingerprint density at radius 3 is 2.16 bits per heavy atom. The van der Waals surface area contributed by atoms with Crippen molar-refractivity contribution in [2.24, 2.45) is 0 Å². The Hall–Kier alpha value is -2.96. The predicted octanol–water partition coefficient (Wildman–Crippen LogP) is 5.50. The maximum Gasteiger partial charge on any atom is 0.354 e. The van der Waals surface area contributed by atoms with Crippen LogP contribution in [-0.2, 0) is 19.1 Å². The molecule has 1 unspecified atom stereocenters. The lowest BCUT2D eigenvalue weighted by atomic mass is 9.85. The van der Waals surface area contributed by atoms with Crippen LogP contribution in [0.1, 0.15) is 25.3 Å². The van der Waals surface area contributed by atoms with E-state index in [0.717, 1.165) is 0 Å². The van der Waals surface area contributed by atoms with E-state index in [4.69, 9.17) is 37.4 Å². The summed E-state index contributed by atoms with van der Waals surface area (Å²) >= 11 is 12.9. The van der Waals surface area contributed by atoms with Gasteiger partial charge in [0, 0.05) is 32.9 Å². The second kappa shape index (κ2) is 10.1. The van der Waals surface area contributed by atoms with Crippen molar-refractivity contribution in [3.8, 4) is 5.75 Å². The van der Waals surface area contributed by atoms with Gasteiger partial charge in [-0.1, -0.05) is 29.3 Å². The Bertz CT molecular complexity index is 1070. The highest BCUT2D eigenvalue weighted by atomic mass is 35.5. The van der Waals surface area contributed by atoms with Gasteiger partial charge in [0.25, 0.3) is 0 Å². The number of hydrogen-bond acceptors (Lipinski definition) is 6. The van der Waals surface area contributed by atoms with Gasteiger partial charge < -0.3 is 19.1 Å². The van der Waals surface area contributed by atoms with Crippen molar-refractivity contribution in [1.29, 1.82) is 0 Å². The maximum atomic E-state index is 13.1. The SMILES string of the molecule is CCOC(=O)C1=C(C)N(c2ccc(OC)cc2)C(C(=O)OC)=CC1c1c(Cl)cccc1Cl. The molecule has 0 spiro atoms. The molecule has 0 N–H and O–H groups in total. The number of nitrogens with zero attached hydrogens (tertiary/aromatic N) is 1. The van der Waals surface area contributed by atoms with E-state index in [-0.39, 0.29) is 12.3 Å². The van der Waals surface area contributed by atoms with Crippen molar-refractivity contribution >= 4 is 40.8 Å². The number of carbonyl (C=O) groups is 2. The van der Waals surface area contributed by atoms with Gasteiger partial charge >= 0.3 is 11.9 Å². The predicted molar refractivity (Wildman–Crippen MR) is 124 cm³/mol. The average Bonchev–Trinajstić information content (AvgIpc) is 2.78. The summed E-state index contributed by atoms with van der Waals surface area (Å²) in [6, 6.07) is 12.2. The molecule has 0 saturated carbocycles. The molecule has 1 aliphatic heterocycles. The lowest BCUT2D eigenvalue weighted by Gasteiger charge is -2.35. The Balaban J connectivity index is 2.28. The van der Waals surface area contributed by atoms with Crippen LogP contribution in [0.5, 0.6) is 5.75 Å². The first-order chi connectivity index (χ1) is 15.3. The van der Waals surface area contributed by atoms with Gasteiger partial charge in [0.05, 0.1) is 26.4 Å². The lowest BCUT2D eigenvalue weighted by Crippen LogP contribution is -2.34. The summed E-state index contributed by atoms with van der Waals surface area (Å²) in [5.74, 6) is -1.15. The molecule has 0 aromatic heterocycles. The van der Waals surface area contributed by atoms with E-state index in [0.29, 0.717) is 38.3 Å². The first-order valence-corrected chi connectivity index (χ1v) is 10.7. The summed E-state index contributed by atoms with van der Waals surface area (Å²) < 4.78 is 15.6. The van der Waals surface area contributed by atoms with Crippen LogP contribution < -0.4 is 9.64 Å². The molecule has 32 heavy (non-hydrogen) atoms. The molecular weight excluding hydrogens is 453 g/mol. The molecule has 0 saturated heterocycles. The molecule has 0 bridgehead atoms. The first kappa shape index (κ1) is 23.7. The number of benzene rings is 2. The summed E-state index contributed by atoms with van der Waals surface area (Å²) in [5.41, 5.74) is 2.20. The van der Waals surface area contributed by atoms with E-state index in [1.54, 1.807) is 74.4 Å². The third-order valence-corrected chi connectivity index (χ3v) is 5.79. The van der Waals surface area contributed by atoms with Crippen LogP contribution in [-0.4, -0.2) is 32.8 Å². The molecule has 6 nitrogen and oxygen atoms in total. The highest BCUT2D eigenvalue weighted by Crippen LogP contribution is 2.44. The lowest BCUT2D eigenvalue weighted by molar-refractivity contribution is -0.139. The third-order valence-electron chi connectivity index (χ3n) is 5.13. The van der Waals surface area contributed by atoms with Crippen molar-refractivity contribution in [2.45, 2.75) is 19.8 Å². The molecule has 0 radical (unpaired) electrons. The summed E-state index contributed by atoms with van der Waals surface area (Å²) in [5, 5.41) is 0.742. The fourth-order valence-corrected chi connectivity index (χ4v) is 4.32. The van der Waals surface area contributed by atoms with Gasteiger partial charge in [0.1, 0.15) is 11.4 Å². The minimum Gasteiger partial charge on any atom is -0.497 e. The Labute approximate surface area is 197 Å². The van der Waals surface area contributed by atoms with Crippen molar-refractivity contribution in [3.05, 3.63) is 81.1 Å². The molecule has 1 heterocycles. The van der Waals surface area contributed by atoms with E-state index in [1.165, 1.54) is 7.11 Å². The highest BCUT2D eigenvalue weighted by molar-refractivity contribution is 6.36. The maximum absolute atomic E-state index is 13.1. The van der Waals surface area contributed by atoms with Crippen molar-refractivity contribution in [3.63, 3.8) is 0 Å². The van der Waals surface area contributed by atoms with E-state index < -0.39 is 17.9 Å². The number of anilines is 1. The normalized spacial score (nSPS) is 15.9. The molecule has 168 valence electrons. The number of ether oxygens (including phenoxy) is 3. The van der Waals surface area contributed by atoms with Crippen molar-refractivity contribution in [1.82, 2.24) is 0 Å². The zero-order chi connectivity index (χ0) is 23.4. The Morgan fingerprint density at radius 1 is 1.00 bits per heavy atom. The molecule has 0 fully saturated rings. The monoisotopic (exact) mass is 475 g/mol. The number of rotatable bonds is 6. The second-order valence-corrected chi connectivity index (χ2v) is 7.72. The molecular formula is C24H23Cl2NO5. The van der Waals surface area contributed by atoms with Gasteiger partial charge in [-0.25, -0.2) is 9.59 Å². The molecule has 0 aliphatic carbocycles. The van der Waals surface area contributed by atoms with E-state index in [2.05, 4.69) is 0 Å². The smallest absolute Gasteiger partial charge is 0.354 e. The standard InChI is InChI=1S/C24H23Cl2NO5/c1-5-32-24(29)21-14(2)27(15-9-11-16(30-3)12-10-15)20(23(28)31-4)13-17(21)22-18(25)7-6-8-19(22)26/h6-13,17H,5H2,1-4H3. The Morgan fingerprint density at radius 2 is 1.62 bits per heavy atom. The highest BCUT2D eigenvalue weighted by Gasteiger charge is 2.37. The summed E-state index contributed by atoms with van der Waals surface area (Å²) in [7, 11) is 2.87. The molecule has 0 amide bonds. The molecule has 1 aliphatic rings. The summed E-state index contributed by atoms with van der Waals surface area (Å²) in [6.45, 7) is 3.66. The average molecular weight is 476 g/mol. The fraction of sp³-hybridized carbons (Fsp3) is 0.250. The van der Waals surface area contributed by atoms with E-state index >= 15 is 0 Å². The van der Waals surface area contributed by atoms with E-state index in [1.807, 2.05) is 0 Å². The van der Waals surface area contributed by atoms with Crippen LogP contribution in [0.15, 0.2) is 65.5 Å². The third kappa shape index (κ3) is 4.47. The molecule has 2 aromatic rings. The van der Waals surface area contributed by atoms with E-state index in [9.17, 15) is 9.59 Å². The van der Waals surface area contributed by atoms with Crippen LogP contribution in [0.2, 0.25) is 10.0 Å². The zero-order valence-corrected chi connectivity index (χ0v) is 19.7. The number of hydrogen-bond donors (Lipinski definition) is 0. The second-order valence-electron chi connectivity index (χ2n) is 6.91. The number of halogens is 2. The zero-order valence-electron chi connectivity index (χ0n) is 18.1. The number of allylic oxidation sites excluding steroid dienone is 2. The quantitative estimate of drug-likeness (QED) is 0.513. The van der Waals surface area contributed by atoms with Gasteiger partial charge in [-0.3, -0.25) is 0 Å². The number of methoxy groups -OCH3 is 2. The minimum absolute atomic E-state index is 0.189. The molecule has 1 atom stereocenters. The number of esters is 2. The minimum atomic E-state index is -0.709. The number of carbonyl (C=O) groups excluding carboxylic acids is 2. The van der Waals surface area contributed by atoms with Crippen LogP contribution in [0.25, 0.3) is 0 Å². The van der Waals surface area contributed by atoms with Gasteiger partial charge in [-0.2, -0.15) is 0 Å². The van der Waals surface area contributed by atoms with Gasteiger partial charge in [0.15, 0.2) is 0 Å². The summed E-state index contributed by atoms with van der Waals surface area (Å²) in [6.07, 6.45) is 1.63. The molecule has 2 aromatic carbocycles. The van der Waals surface area contributed by atoms with Gasteiger partial charge in [-0.15, -0.1) is 0 Å². The van der Waals surface area contributed by atoms with Crippen molar-refractivity contribution in [2.75, 3.05) is 25.7 Å². The van der Waals surface area contributed by atoms with Crippen LogP contribution in [0.4, 0.5) is 5.69 Å². The van der Waals surface area contributed by atoms with Crippen LogP contribution >= 0.6 is 23.2 Å². The summed E-state index contributed by atoms with van der Waals surface area (Å²) in [4.78, 5) is 27.5. The first-order valence-electron chi connectivity index (χ1n) is 9.90.